The van der Waals surface area contributed by atoms with Gasteiger partial charge in [0.1, 0.15) is 0 Å². The van der Waals surface area contributed by atoms with Crippen molar-refractivity contribution in [2.75, 3.05) is 6.61 Å². The highest BCUT2D eigenvalue weighted by molar-refractivity contribution is 7.86. The summed E-state index contributed by atoms with van der Waals surface area (Å²) in [5.74, 6) is 2.29. The Labute approximate surface area is 120 Å². The molecular formula is C16H20O3S. The molecule has 3 atom stereocenters. The Hall–Kier alpha value is -0.870. The van der Waals surface area contributed by atoms with Crippen LogP contribution < -0.4 is 0 Å². The first kappa shape index (κ1) is 12.8. The van der Waals surface area contributed by atoms with Gasteiger partial charge >= 0.3 is 0 Å². The van der Waals surface area contributed by atoms with Gasteiger partial charge in [0.25, 0.3) is 10.1 Å². The van der Waals surface area contributed by atoms with Crippen LogP contribution in [0, 0.1) is 28.6 Å². The highest BCUT2D eigenvalue weighted by Gasteiger charge is 2.81. The Morgan fingerprint density at radius 3 is 2.25 bits per heavy atom. The second-order valence-corrected chi connectivity index (χ2v) is 8.73. The van der Waals surface area contributed by atoms with Crippen LogP contribution >= 0.6 is 0 Å². The third-order valence-corrected chi connectivity index (χ3v) is 7.95. The molecular weight excluding hydrogens is 272 g/mol. The van der Waals surface area contributed by atoms with Crippen LogP contribution in [0.4, 0.5) is 0 Å². The van der Waals surface area contributed by atoms with E-state index in [-0.39, 0.29) is 10.3 Å². The summed E-state index contributed by atoms with van der Waals surface area (Å²) < 4.78 is 29.9. The van der Waals surface area contributed by atoms with Crippen molar-refractivity contribution in [1.29, 1.82) is 0 Å². The Morgan fingerprint density at radius 1 is 1.15 bits per heavy atom. The molecule has 4 aliphatic carbocycles. The summed E-state index contributed by atoms with van der Waals surface area (Å²) in [5, 5.41) is 0. The van der Waals surface area contributed by atoms with E-state index in [1.54, 1.807) is 24.3 Å². The van der Waals surface area contributed by atoms with E-state index in [9.17, 15) is 8.42 Å². The second-order valence-electron chi connectivity index (χ2n) is 7.11. The molecule has 0 unspecified atom stereocenters. The average Bonchev–Trinajstić information content (AvgIpc) is 2.78. The van der Waals surface area contributed by atoms with Crippen LogP contribution in [0.15, 0.2) is 35.2 Å². The molecule has 0 N–H and O–H groups in total. The van der Waals surface area contributed by atoms with Crippen molar-refractivity contribution >= 4 is 10.1 Å². The summed E-state index contributed by atoms with van der Waals surface area (Å²) in [4.78, 5) is 0.256. The van der Waals surface area contributed by atoms with Crippen molar-refractivity contribution in [2.45, 2.75) is 31.6 Å². The maximum atomic E-state index is 12.3. The lowest BCUT2D eigenvalue weighted by molar-refractivity contribution is 0.0843. The van der Waals surface area contributed by atoms with E-state index in [1.165, 1.54) is 12.8 Å². The molecule has 108 valence electrons. The van der Waals surface area contributed by atoms with Crippen LogP contribution in [0.2, 0.25) is 0 Å². The van der Waals surface area contributed by atoms with Crippen LogP contribution in [0.3, 0.4) is 0 Å². The maximum absolute atomic E-state index is 12.3. The zero-order valence-electron chi connectivity index (χ0n) is 11.9. The van der Waals surface area contributed by atoms with Crippen molar-refractivity contribution in [1.82, 2.24) is 0 Å². The minimum Gasteiger partial charge on any atom is -0.266 e. The fourth-order valence-corrected chi connectivity index (χ4v) is 6.19. The van der Waals surface area contributed by atoms with Crippen LogP contribution in [0.1, 0.15) is 26.7 Å². The lowest BCUT2D eigenvalue weighted by Gasteiger charge is -2.33. The number of hydrogen-bond donors (Lipinski definition) is 0. The lowest BCUT2D eigenvalue weighted by Crippen LogP contribution is -2.33. The van der Waals surface area contributed by atoms with Gasteiger partial charge in [0, 0.05) is 5.41 Å². The highest BCUT2D eigenvalue weighted by Crippen LogP contribution is 2.86. The molecule has 0 aromatic heterocycles. The predicted octanol–water partition coefficient (Wildman–Crippen LogP) is 3.07. The molecule has 0 saturated heterocycles. The fraction of sp³-hybridized carbons (Fsp3) is 0.625. The van der Waals surface area contributed by atoms with Gasteiger partial charge in [-0.05, 0) is 48.1 Å². The van der Waals surface area contributed by atoms with Crippen LogP contribution in [-0.4, -0.2) is 15.0 Å². The third kappa shape index (κ3) is 1.37. The first-order valence-corrected chi connectivity index (χ1v) is 8.75. The van der Waals surface area contributed by atoms with Gasteiger partial charge in [-0.25, -0.2) is 0 Å². The van der Waals surface area contributed by atoms with Crippen molar-refractivity contribution in [2.24, 2.45) is 28.6 Å². The molecule has 4 bridgehead atoms. The molecule has 4 aliphatic rings. The van der Waals surface area contributed by atoms with E-state index >= 15 is 0 Å². The molecule has 4 fully saturated rings. The van der Waals surface area contributed by atoms with E-state index < -0.39 is 10.1 Å². The molecule has 4 heteroatoms. The Balaban J connectivity index is 1.55. The molecule has 1 aromatic carbocycles. The molecule has 3 nitrogen and oxygen atoms in total. The minimum absolute atomic E-state index is 0.0319. The standard InChI is InChI=1S/C16H20O3S/c1-15(11-8-13-14(9-11)16(13,15)2)10-19-20(17,18)12-6-4-3-5-7-12/h3-7,11,13-14H,8-10H2,1-2H3/t11?,13-,14-,15-,16?/m1/s1. The topological polar surface area (TPSA) is 43.4 Å². The summed E-state index contributed by atoms with van der Waals surface area (Å²) in [6.07, 6.45) is 2.54. The quantitative estimate of drug-likeness (QED) is 0.801. The second kappa shape index (κ2) is 3.66. The summed E-state index contributed by atoms with van der Waals surface area (Å²) in [6.45, 7) is 4.89. The molecule has 0 amide bonds. The van der Waals surface area contributed by atoms with E-state index in [2.05, 4.69) is 13.8 Å². The molecule has 20 heavy (non-hydrogen) atoms. The molecule has 0 aliphatic heterocycles. The summed E-state index contributed by atoms with van der Waals surface area (Å²) >= 11 is 0. The van der Waals surface area contributed by atoms with Crippen LogP contribution in [-0.2, 0) is 14.3 Å². The van der Waals surface area contributed by atoms with Gasteiger partial charge in [-0.1, -0.05) is 32.0 Å². The van der Waals surface area contributed by atoms with Gasteiger partial charge in [0.2, 0.25) is 0 Å². The zero-order valence-corrected chi connectivity index (χ0v) is 12.7. The average molecular weight is 292 g/mol. The SMILES string of the molecule is CC12[C@@H]3CC(C[C@H]31)[C@@]2(C)COS(=O)(=O)c1ccccc1. The Bertz CT molecular complexity index is 640. The lowest BCUT2D eigenvalue weighted by atomic mass is 9.75. The molecule has 0 spiro atoms. The van der Waals surface area contributed by atoms with E-state index in [0.717, 1.165) is 11.8 Å². The number of benzene rings is 1. The van der Waals surface area contributed by atoms with Crippen LogP contribution in [0.5, 0.6) is 0 Å². The monoisotopic (exact) mass is 292 g/mol. The number of rotatable bonds is 4. The van der Waals surface area contributed by atoms with Crippen molar-refractivity contribution in [3.63, 3.8) is 0 Å². The summed E-state index contributed by atoms with van der Waals surface area (Å²) in [6, 6.07) is 8.44. The van der Waals surface area contributed by atoms with E-state index in [0.29, 0.717) is 17.9 Å². The van der Waals surface area contributed by atoms with E-state index in [1.807, 2.05) is 6.07 Å². The van der Waals surface area contributed by atoms with Gasteiger partial charge in [-0.3, -0.25) is 4.18 Å². The van der Waals surface area contributed by atoms with Gasteiger partial charge in [-0.2, -0.15) is 8.42 Å². The van der Waals surface area contributed by atoms with Crippen molar-refractivity contribution in [3.8, 4) is 0 Å². The summed E-state index contributed by atoms with van der Waals surface area (Å²) in [7, 11) is -3.62. The smallest absolute Gasteiger partial charge is 0.266 e. The van der Waals surface area contributed by atoms with E-state index in [4.69, 9.17) is 4.18 Å². The molecule has 4 saturated carbocycles. The normalized spacial score (nSPS) is 44.8. The van der Waals surface area contributed by atoms with Gasteiger partial charge in [-0.15, -0.1) is 0 Å². The van der Waals surface area contributed by atoms with Crippen molar-refractivity contribution in [3.05, 3.63) is 30.3 Å². The first-order chi connectivity index (χ1) is 9.39. The fourth-order valence-electron chi connectivity index (χ4n) is 5.16. The first-order valence-electron chi connectivity index (χ1n) is 7.34. The highest BCUT2D eigenvalue weighted by atomic mass is 32.2. The van der Waals surface area contributed by atoms with Gasteiger partial charge in [0.15, 0.2) is 0 Å². The molecule has 1 aromatic rings. The zero-order chi connectivity index (χ0) is 14.2. The van der Waals surface area contributed by atoms with Gasteiger partial charge in [0.05, 0.1) is 11.5 Å². The Kier molecular flexibility index (Phi) is 2.35. The van der Waals surface area contributed by atoms with Gasteiger partial charge < -0.3 is 0 Å². The molecule has 0 heterocycles. The van der Waals surface area contributed by atoms with Crippen LogP contribution in [0.25, 0.3) is 0 Å². The largest absolute Gasteiger partial charge is 0.296 e. The number of hydrogen-bond acceptors (Lipinski definition) is 3. The third-order valence-electron chi connectivity index (χ3n) is 6.67. The molecule has 0 radical (unpaired) electrons. The molecule has 5 rings (SSSR count). The minimum atomic E-state index is -3.62. The maximum Gasteiger partial charge on any atom is 0.296 e. The van der Waals surface area contributed by atoms with Crippen molar-refractivity contribution < 1.29 is 12.6 Å². The Morgan fingerprint density at radius 2 is 1.75 bits per heavy atom. The predicted molar refractivity (Wildman–Crippen MR) is 75.5 cm³/mol. The summed E-state index contributed by atoms with van der Waals surface area (Å²) in [5.41, 5.74) is 0.355.